The van der Waals surface area contributed by atoms with E-state index in [1.54, 1.807) is 30.5 Å². The molecule has 0 aliphatic heterocycles. The molecule has 0 bridgehead atoms. The zero-order chi connectivity index (χ0) is 18.7. The van der Waals surface area contributed by atoms with Gasteiger partial charge in [-0.25, -0.2) is 0 Å². The van der Waals surface area contributed by atoms with Crippen molar-refractivity contribution in [2.45, 2.75) is 6.18 Å². The zero-order valence-corrected chi connectivity index (χ0v) is 13.9. The van der Waals surface area contributed by atoms with Crippen LogP contribution in [0, 0.1) is 0 Å². The minimum absolute atomic E-state index is 0.309. The van der Waals surface area contributed by atoms with Crippen LogP contribution >= 0.6 is 11.6 Å². The van der Waals surface area contributed by atoms with Crippen LogP contribution < -0.4 is 10.1 Å². The van der Waals surface area contributed by atoms with E-state index in [4.69, 9.17) is 16.3 Å². The number of alkyl halides is 3. The maximum absolute atomic E-state index is 13.0. The third-order valence-corrected chi connectivity index (χ3v) is 3.87. The van der Waals surface area contributed by atoms with Gasteiger partial charge < -0.3 is 10.1 Å². The molecule has 4 nitrogen and oxygen atoms in total. The summed E-state index contributed by atoms with van der Waals surface area (Å²) in [5.41, 5.74) is -0.789. The van der Waals surface area contributed by atoms with Crippen LogP contribution in [-0.2, 0) is 11.0 Å². The number of carbonyl (C=O) groups excluding carboxylic acids is 1. The Labute approximate surface area is 151 Å². The molecule has 0 spiro atoms. The summed E-state index contributed by atoms with van der Waals surface area (Å²) in [6.07, 6.45) is -3.02. The number of amides is 1. The second-order valence-electron chi connectivity index (χ2n) is 5.33. The number of pyridine rings is 1. The van der Waals surface area contributed by atoms with Gasteiger partial charge in [-0.3, -0.25) is 9.78 Å². The number of hydrogen-bond donors (Lipinski definition) is 1. The highest BCUT2D eigenvalue weighted by atomic mass is 35.5. The molecule has 0 aliphatic rings. The summed E-state index contributed by atoms with van der Waals surface area (Å²) in [6.45, 7) is -0.473. The first-order valence-corrected chi connectivity index (χ1v) is 7.86. The number of hydrogen-bond acceptors (Lipinski definition) is 3. The zero-order valence-electron chi connectivity index (χ0n) is 13.2. The molecular weight excluding hydrogens is 369 g/mol. The van der Waals surface area contributed by atoms with Crippen molar-refractivity contribution < 1.29 is 22.7 Å². The van der Waals surface area contributed by atoms with Crippen LogP contribution in [0.25, 0.3) is 10.9 Å². The van der Waals surface area contributed by atoms with Gasteiger partial charge in [0.15, 0.2) is 6.61 Å². The molecule has 0 atom stereocenters. The number of anilines is 1. The number of fused-ring (bicyclic) bond motifs is 1. The fourth-order valence-electron chi connectivity index (χ4n) is 2.40. The van der Waals surface area contributed by atoms with Gasteiger partial charge >= 0.3 is 6.18 Å². The molecule has 0 aliphatic carbocycles. The van der Waals surface area contributed by atoms with Crippen molar-refractivity contribution in [1.82, 2.24) is 4.98 Å². The van der Waals surface area contributed by atoms with Crippen LogP contribution in [0.15, 0.2) is 54.7 Å². The maximum atomic E-state index is 13.0. The Balaban J connectivity index is 1.74. The third kappa shape index (κ3) is 3.88. The van der Waals surface area contributed by atoms with Gasteiger partial charge in [0.05, 0.1) is 16.3 Å². The topological polar surface area (TPSA) is 51.2 Å². The van der Waals surface area contributed by atoms with Crippen LogP contribution in [-0.4, -0.2) is 17.5 Å². The fourth-order valence-corrected chi connectivity index (χ4v) is 2.61. The van der Waals surface area contributed by atoms with E-state index < -0.39 is 24.3 Å². The summed E-state index contributed by atoms with van der Waals surface area (Å²) in [4.78, 5) is 16.2. The largest absolute Gasteiger partial charge is 0.481 e. The Morgan fingerprint density at radius 2 is 1.88 bits per heavy atom. The summed E-state index contributed by atoms with van der Waals surface area (Å²) in [6, 6.07) is 11.3. The van der Waals surface area contributed by atoms with E-state index in [-0.39, 0.29) is 5.69 Å². The molecule has 3 aromatic rings. The highest BCUT2D eigenvalue weighted by molar-refractivity contribution is 6.35. The van der Waals surface area contributed by atoms with Crippen molar-refractivity contribution in [1.29, 1.82) is 0 Å². The SMILES string of the molecule is O=C(COc1ccc(Cl)c2cccnc12)Nc1ccccc1C(F)(F)F. The Morgan fingerprint density at radius 1 is 1.12 bits per heavy atom. The first kappa shape index (κ1) is 18.0. The number of para-hydroxylation sites is 1. The molecule has 3 rings (SSSR count). The Kier molecular flexibility index (Phi) is 4.99. The number of carbonyl (C=O) groups is 1. The van der Waals surface area contributed by atoms with E-state index in [1.165, 1.54) is 18.2 Å². The van der Waals surface area contributed by atoms with Gasteiger partial charge in [-0.2, -0.15) is 13.2 Å². The van der Waals surface area contributed by atoms with Crippen molar-refractivity contribution in [3.05, 3.63) is 65.3 Å². The fraction of sp³-hybridized carbons (Fsp3) is 0.111. The lowest BCUT2D eigenvalue weighted by Gasteiger charge is -2.14. The number of nitrogens with one attached hydrogen (secondary N) is 1. The lowest BCUT2D eigenvalue weighted by atomic mass is 10.1. The maximum Gasteiger partial charge on any atom is 0.418 e. The van der Waals surface area contributed by atoms with E-state index in [2.05, 4.69) is 10.3 Å². The summed E-state index contributed by atoms with van der Waals surface area (Å²) >= 11 is 6.08. The van der Waals surface area contributed by atoms with Crippen LogP contribution in [0.1, 0.15) is 5.56 Å². The molecule has 134 valence electrons. The summed E-state index contributed by atoms with van der Waals surface area (Å²) in [7, 11) is 0. The van der Waals surface area contributed by atoms with E-state index in [9.17, 15) is 18.0 Å². The molecule has 0 radical (unpaired) electrons. The van der Waals surface area contributed by atoms with Crippen molar-refractivity contribution in [3.63, 3.8) is 0 Å². The predicted octanol–water partition coefficient (Wildman–Crippen LogP) is 4.92. The van der Waals surface area contributed by atoms with Gasteiger partial charge in [-0.05, 0) is 36.4 Å². The normalized spacial score (nSPS) is 11.4. The van der Waals surface area contributed by atoms with Crippen molar-refractivity contribution in [2.75, 3.05) is 11.9 Å². The molecular formula is C18H12ClF3N2O2. The van der Waals surface area contributed by atoms with Crippen LogP contribution in [0.4, 0.5) is 18.9 Å². The number of ether oxygens (including phenoxy) is 1. The molecule has 1 N–H and O–H groups in total. The summed E-state index contributed by atoms with van der Waals surface area (Å²) < 4.78 is 44.3. The highest BCUT2D eigenvalue weighted by Gasteiger charge is 2.33. The van der Waals surface area contributed by atoms with Gasteiger partial charge in [-0.1, -0.05) is 23.7 Å². The number of aromatic nitrogens is 1. The minimum atomic E-state index is -4.57. The van der Waals surface area contributed by atoms with Crippen molar-refractivity contribution >= 4 is 34.1 Å². The molecule has 1 amide bonds. The van der Waals surface area contributed by atoms with Gasteiger partial charge in [0.25, 0.3) is 5.91 Å². The number of nitrogens with zero attached hydrogens (tertiary/aromatic N) is 1. The quantitative estimate of drug-likeness (QED) is 0.698. The molecule has 0 fully saturated rings. The van der Waals surface area contributed by atoms with Crippen LogP contribution in [0.2, 0.25) is 5.02 Å². The van der Waals surface area contributed by atoms with Gasteiger partial charge in [0.1, 0.15) is 11.3 Å². The number of benzene rings is 2. The predicted molar refractivity (Wildman–Crippen MR) is 92.3 cm³/mol. The van der Waals surface area contributed by atoms with E-state index in [0.717, 1.165) is 6.07 Å². The molecule has 1 aromatic heterocycles. The second-order valence-corrected chi connectivity index (χ2v) is 5.73. The number of halogens is 4. The van der Waals surface area contributed by atoms with Gasteiger partial charge in [0, 0.05) is 11.6 Å². The Hall–Kier alpha value is -2.80. The molecule has 26 heavy (non-hydrogen) atoms. The molecule has 1 heterocycles. The third-order valence-electron chi connectivity index (χ3n) is 3.54. The average Bonchev–Trinajstić information content (AvgIpc) is 2.61. The van der Waals surface area contributed by atoms with Crippen molar-refractivity contribution in [3.8, 4) is 5.75 Å². The van der Waals surface area contributed by atoms with Crippen LogP contribution in [0.3, 0.4) is 0 Å². The summed E-state index contributed by atoms with van der Waals surface area (Å²) in [5, 5.41) is 3.34. The van der Waals surface area contributed by atoms with Gasteiger partial charge in [0.2, 0.25) is 0 Å². The lowest BCUT2D eigenvalue weighted by Crippen LogP contribution is -2.22. The molecule has 8 heteroatoms. The lowest BCUT2D eigenvalue weighted by molar-refractivity contribution is -0.137. The van der Waals surface area contributed by atoms with Crippen molar-refractivity contribution in [2.24, 2.45) is 0 Å². The summed E-state index contributed by atoms with van der Waals surface area (Å²) in [5.74, 6) is -0.412. The minimum Gasteiger partial charge on any atom is -0.481 e. The average molecular weight is 381 g/mol. The molecule has 0 unspecified atom stereocenters. The molecule has 2 aromatic carbocycles. The van der Waals surface area contributed by atoms with E-state index in [0.29, 0.717) is 21.7 Å². The Morgan fingerprint density at radius 3 is 2.65 bits per heavy atom. The molecule has 0 saturated heterocycles. The van der Waals surface area contributed by atoms with Crippen LogP contribution in [0.5, 0.6) is 5.75 Å². The monoisotopic (exact) mass is 380 g/mol. The first-order chi connectivity index (χ1) is 12.4. The highest BCUT2D eigenvalue weighted by Crippen LogP contribution is 2.34. The van der Waals surface area contributed by atoms with Gasteiger partial charge in [-0.15, -0.1) is 0 Å². The smallest absolute Gasteiger partial charge is 0.418 e. The van der Waals surface area contributed by atoms with E-state index >= 15 is 0 Å². The number of rotatable bonds is 4. The standard InChI is InChI=1S/C18H12ClF3N2O2/c19-13-7-8-15(17-11(13)4-3-9-23-17)26-10-16(25)24-14-6-2-1-5-12(14)18(20,21)22/h1-9H,10H2,(H,24,25). The first-order valence-electron chi connectivity index (χ1n) is 7.48. The second kappa shape index (κ2) is 7.21. The Bertz CT molecular complexity index is 961. The molecule has 0 saturated carbocycles. The van der Waals surface area contributed by atoms with E-state index in [1.807, 2.05) is 0 Å².